The van der Waals surface area contributed by atoms with Crippen LogP contribution < -0.4 is 0 Å². The molecule has 88 valence electrons. The van der Waals surface area contributed by atoms with E-state index < -0.39 is 0 Å². The highest BCUT2D eigenvalue weighted by molar-refractivity contribution is 5.68. The Bertz CT molecular complexity index is 373. The van der Waals surface area contributed by atoms with Gasteiger partial charge in [-0.15, -0.1) is 5.10 Å². The normalized spacial score (nSPS) is 16.1. The molecule has 0 atom stereocenters. The first-order chi connectivity index (χ1) is 7.81. The summed E-state index contributed by atoms with van der Waals surface area (Å²) in [5.74, 6) is -0.269. The lowest BCUT2D eigenvalue weighted by Crippen LogP contribution is -2.16. The number of carbonyl (C=O) groups excluding carboxylic acids is 1. The summed E-state index contributed by atoms with van der Waals surface area (Å²) in [6.45, 7) is 0.179. The molecular formula is C11H17N3O2. The highest BCUT2D eigenvalue weighted by atomic mass is 16.5. The first kappa shape index (κ1) is 11.1. The van der Waals surface area contributed by atoms with E-state index in [2.05, 4.69) is 15.0 Å². The Kier molecular flexibility index (Phi) is 3.54. The number of aromatic nitrogens is 3. The quantitative estimate of drug-likeness (QED) is 0.705. The van der Waals surface area contributed by atoms with Gasteiger partial charge < -0.3 is 4.74 Å². The van der Waals surface area contributed by atoms with E-state index in [9.17, 15) is 4.79 Å². The van der Waals surface area contributed by atoms with Gasteiger partial charge in [0.2, 0.25) is 0 Å². The van der Waals surface area contributed by atoms with Crippen LogP contribution in [0.15, 0.2) is 0 Å². The molecule has 0 N–H and O–H groups in total. The van der Waals surface area contributed by atoms with Crippen molar-refractivity contribution in [3.63, 3.8) is 0 Å². The summed E-state index contributed by atoms with van der Waals surface area (Å²) in [6.07, 6.45) is 6.80. The lowest BCUT2D eigenvalue weighted by atomic mass is 10.0. The second-order valence-electron chi connectivity index (χ2n) is 4.13. The van der Waals surface area contributed by atoms with E-state index in [1.807, 2.05) is 0 Å². The second kappa shape index (κ2) is 5.09. The molecule has 0 radical (unpaired) electrons. The maximum Gasteiger partial charge on any atom is 0.327 e. The van der Waals surface area contributed by atoms with E-state index in [4.69, 9.17) is 0 Å². The van der Waals surface area contributed by atoms with Crippen molar-refractivity contribution >= 4 is 5.97 Å². The van der Waals surface area contributed by atoms with Crippen molar-refractivity contribution in [3.8, 4) is 0 Å². The van der Waals surface area contributed by atoms with Crippen LogP contribution in [0.1, 0.15) is 37.1 Å². The molecule has 5 nitrogen and oxygen atoms in total. The highest BCUT2D eigenvalue weighted by Gasteiger charge is 2.16. The molecule has 5 heteroatoms. The fourth-order valence-electron chi connectivity index (χ4n) is 2.09. The Morgan fingerprint density at radius 3 is 2.81 bits per heavy atom. The van der Waals surface area contributed by atoms with E-state index in [0.717, 1.165) is 30.7 Å². The summed E-state index contributed by atoms with van der Waals surface area (Å²) >= 11 is 0. The van der Waals surface area contributed by atoms with E-state index in [-0.39, 0.29) is 12.5 Å². The lowest BCUT2D eigenvalue weighted by Gasteiger charge is -2.10. The number of fused-ring (bicyclic) bond motifs is 1. The average Bonchev–Trinajstić information content (AvgIpc) is 2.59. The van der Waals surface area contributed by atoms with Crippen LogP contribution in [0.3, 0.4) is 0 Å². The van der Waals surface area contributed by atoms with Crippen LogP contribution in [0.5, 0.6) is 0 Å². The van der Waals surface area contributed by atoms with Gasteiger partial charge in [-0.25, -0.2) is 4.68 Å². The van der Waals surface area contributed by atoms with E-state index in [0.29, 0.717) is 0 Å². The van der Waals surface area contributed by atoms with Gasteiger partial charge in [0, 0.05) is 0 Å². The van der Waals surface area contributed by atoms with E-state index in [1.54, 1.807) is 4.68 Å². The second-order valence-corrected chi connectivity index (χ2v) is 4.13. The van der Waals surface area contributed by atoms with Gasteiger partial charge in [-0.2, -0.15) is 0 Å². The minimum absolute atomic E-state index is 0.179. The monoisotopic (exact) mass is 223 g/mol. The van der Waals surface area contributed by atoms with Crippen LogP contribution in [-0.2, 0) is 28.9 Å². The third-order valence-electron chi connectivity index (χ3n) is 3.00. The molecule has 0 amide bonds. The van der Waals surface area contributed by atoms with Crippen LogP contribution in [0.4, 0.5) is 0 Å². The van der Waals surface area contributed by atoms with Crippen molar-refractivity contribution < 1.29 is 9.53 Å². The molecule has 1 aliphatic rings. The maximum atomic E-state index is 11.2. The third kappa shape index (κ3) is 2.40. The minimum Gasteiger partial charge on any atom is -0.468 e. The first-order valence-electron chi connectivity index (χ1n) is 5.79. The Morgan fingerprint density at radius 1 is 1.31 bits per heavy atom. The van der Waals surface area contributed by atoms with Crippen molar-refractivity contribution in [2.24, 2.45) is 0 Å². The number of carbonyl (C=O) groups is 1. The molecule has 1 aromatic heterocycles. The minimum atomic E-state index is -0.269. The van der Waals surface area contributed by atoms with Gasteiger partial charge in [0.05, 0.1) is 18.5 Å². The van der Waals surface area contributed by atoms with Gasteiger partial charge in [-0.3, -0.25) is 4.79 Å². The molecule has 0 spiro atoms. The molecule has 0 saturated carbocycles. The van der Waals surface area contributed by atoms with Crippen LogP contribution in [0, 0.1) is 0 Å². The number of esters is 1. The molecule has 0 aromatic carbocycles. The third-order valence-corrected chi connectivity index (χ3v) is 3.00. The van der Waals surface area contributed by atoms with Gasteiger partial charge in [0.15, 0.2) is 0 Å². The molecule has 1 aromatic rings. The van der Waals surface area contributed by atoms with Crippen LogP contribution in [-0.4, -0.2) is 28.1 Å². The topological polar surface area (TPSA) is 57.0 Å². The fourth-order valence-corrected chi connectivity index (χ4v) is 2.09. The molecule has 1 heterocycles. The highest BCUT2D eigenvalue weighted by Crippen LogP contribution is 2.17. The van der Waals surface area contributed by atoms with Gasteiger partial charge in [0.1, 0.15) is 6.54 Å². The molecule has 0 saturated heterocycles. The SMILES string of the molecule is COC(=O)Cn1nnc2c1CCCCCC2. The molecule has 0 unspecified atom stereocenters. The maximum absolute atomic E-state index is 11.2. The Morgan fingerprint density at radius 2 is 2.06 bits per heavy atom. The molecule has 2 rings (SSSR count). The number of ether oxygens (including phenoxy) is 1. The molecule has 0 bridgehead atoms. The van der Waals surface area contributed by atoms with Crippen molar-refractivity contribution in [2.75, 3.05) is 7.11 Å². The van der Waals surface area contributed by atoms with Crippen LogP contribution in [0.2, 0.25) is 0 Å². The zero-order valence-corrected chi connectivity index (χ0v) is 9.61. The summed E-state index contributed by atoms with van der Waals surface area (Å²) in [6, 6.07) is 0. The summed E-state index contributed by atoms with van der Waals surface area (Å²) < 4.78 is 6.33. The number of nitrogens with zero attached hydrogens (tertiary/aromatic N) is 3. The largest absolute Gasteiger partial charge is 0.468 e. The summed E-state index contributed by atoms with van der Waals surface area (Å²) in [4.78, 5) is 11.2. The van der Waals surface area contributed by atoms with Gasteiger partial charge in [0.25, 0.3) is 0 Å². The number of methoxy groups -OCH3 is 1. The Hall–Kier alpha value is -1.39. The number of aryl methyl sites for hydroxylation is 1. The zero-order chi connectivity index (χ0) is 11.4. The van der Waals surface area contributed by atoms with Crippen LogP contribution >= 0.6 is 0 Å². The molecule has 0 fully saturated rings. The fraction of sp³-hybridized carbons (Fsp3) is 0.727. The standard InChI is InChI=1S/C11H17N3O2/c1-16-11(15)8-14-10-7-5-3-2-4-6-9(10)12-13-14/h2-8H2,1H3. The molecule has 1 aliphatic carbocycles. The summed E-state index contributed by atoms with van der Waals surface area (Å²) in [5.41, 5.74) is 2.17. The van der Waals surface area contributed by atoms with Crippen molar-refractivity contribution in [3.05, 3.63) is 11.4 Å². The average molecular weight is 223 g/mol. The Labute approximate surface area is 94.8 Å². The number of hydrogen-bond donors (Lipinski definition) is 0. The van der Waals surface area contributed by atoms with Crippen molar-refractivity contribution in [1.82, 2.24) is 15.0 Å². The predicted molar refractivity (Wildman–Crippen MR) is 57.9 cm³/mol. The van der Waals surface area contributed by atoms with E-state index >= 15 is 0 Å². The first-order valence-corrected chi connectivity index (χ1v) is 5.79. The summed E-state index contributed by atoms with van der Waals surface area (Å²) in [7, 11) is 1.39. The van der Waals surface area contributed by atoms with Gasteiger partial charge >= 0.3 is 5.97 Å². The lowest BCUT2D eigenvalue weighted by molar-refractivity contribution is -0.141. The van der Waals surface area contributed by atoms with Gasteiger partial charge in [-0.1, -0.05) is 18.1 Å². The zero-order valence-electron chi connectivity index (χ0n) is 9.61. The summed E-state index contributed by atoms with van der Waals surface area (Å²) in [5, 5.41) is 8.19. The molecule has 16 heavy (non-hydrogen) atoms. The van der Waals surface area contributed by atoms with Gasteiger partial charge in [-0.05, 0) is 25.7 Å². The van der Waals surface area contributed by atoms with E-state index in [1.165, 1.54) is 26.4 Å². The number of rotatable bonds is 2. The predicted octanol–water partition coefficient (Wildman–Crippen LogP) is 1.11. The molecule has 0 aliphatic heterocycles. The van der Waals surface area contributed by atoms with Crippen LogP contribution in [0.25, 0.3) is 0 Å². The van der Waals surface area contributed by atoms with Crippen molar-refractivity contribution in [1.29, 1.82) is 0 Å². The Balaban J connectivity index is 2.16. The smallest absolute Gasteiger partial charge is 0.327 e. The van der Waals surface area contributed by atoms with Crippen molar-refractivity contribution in [2.45, 2.75) is 45.1 Å². The number of hydrogen-bond acceptors (Lipinski definition) is 4. The molecular weight excluding hydrogens is 206 g/mol.